The van der Waals surface area contributed by atoms with Crippen molar-refractivity contribution in [3.63, 3.8) is 0 Å². The largest absolute Gasteiger partial charge is 0.471 e. The predicted octanol–water partition coefficient (Wildman–Crippen LogP) is 2.63. The number of ether oxygens (including phenoxy) is 1. The maximum absolute atomic E-state index is 13.2. The smallest absolute Gasteiger partial charge is 0.272 e. The maximum atomic E-state index is 13.2. The number of amides is 1. The number of carbonyl (C=O) groups excluding carboxylic acids is 1. The molecular weight excluding hydrogens is 380 g/mol. The van der Waals surface area contributed by atoms with Gasteiger partial charge in [-0.15, -0.1) is 10.2 Å². The van der Waals surface area contributed by atoms with Gasteiger partial charge in [0.15, 0.2) is 5.82 Å². The fourth-order valence-electron chi connectivity index (χ4n) is 3.58. The summed E-state index contributed by atoms with van der Waals surface area (Å²) >= 11 is 0. The highest BCUT2D eigenvalue weighted by Gasteiger charge is 2.28. The van der Waals surface area contributed by atoms with E-state index in [1.165, 1.54) is 0 Å². The molecule has 1 aliphatic heterocycles. The second kappa shape index (κ2) is 8.52. The van der Waals surface area contributed by atoms with Crippen LogP contribution in [0, 0.1) is 0 Å². The molecule has 3 aromatic rings. The third-order valence-corrected chi connectivity index (χ3v) is 5.21. The van der Waals surface area contributed by atoms with Crippen molar-refractivity contribution < 1.29 is 9.53 Å². The SMILES string of the molecule is CN(C)c1ccc(OC2CCCN(C(=O)c3cc(-c4ccccc4)nn3C)C2)nn1. The molecule has 0 aliphatic carbocycles. The van der Waals surface area contributed by atoms with Crippen molar-refractivity contribution in [2.45, 2.75) is 18.9 Å². The van der Waals surface area contributed by atoms with Crippen LogP contribution in [0.15, 0.2) is 48.5 Å². The number of likely N-dealkylation sites (tertiary alicyclic amines) is 1. The summed E-state index contributed by atoms with van der Waals surface area (Å²) in [5, 5.41) is 12.8. The molecule has 1 amide bonds. The highest BCUT2D eigenvalue weighted by molar-refractivity contribution is 5.93. The number of hydrogen-bond donors (Lipinski definition) is 0. The number of carbonyl (C=O) groups is 1. The number of aryl methyl sites for hydroxylation is 1. The minimum atomic E-state index is -0.107. The van der Waals surface area contributed by atoms with Gasteiger partial charge in [0.05, 0.1) is 12.2 Å². The summed E-state index contributed by atoms with van der Waals surface area (Å²) in [4.78, 5) is 16.9. The van der Waals surface area contributed by atoms with Gasteiger partial charge in [0.1, 0.15) is 11.8 Å². The summed E-state index contributed by atoms with van der Waals surface area (Å²) in [7, 11) is 5.63. The van der Waals surface area contributed by atoms with Gasteiger partial charge in [0.2, 0.25) is 5.88 Å². The first-order valence-corrected chi connectivity index (χ1v) is 10.1. The first-order valence-electron chi connectivity index (χ1n) is 10.1. The zero-order valence-corrected chi connectivity index (χ0v) is 17.5. The van der Waals surface area contributed by atoms with Crippen molar-refractivity contribution in [3.8, 4) is 17.1 Å². The van der Waals surface area contributed by atoms with Crippen LogP contribution in [0.25, 0.3) is 11.3 Å². The van der Waals surface area contributed by atoms with Crippen LogP contribution in [0.2, 0.25) is 0 Å². The lowest BCUT2D eigenvalue weighted by atomic mass is 10.1. The topological polar surface area (TPSA) is 76.4 Å². The van der Waals surface area contributed by atoms with Gasteiger partial charge < -0.3 is 14.5 Å². The predicted molar refractivity (Wildman–Crippen MR) is 115 cm³/mol. The summed E-state index contributed by atoms with van der Waals surface area (Å²) in [6.45, 7) is 1.22. The fraction of sp³-hybridized carbons (Fsp3) is 0.364. The monoisotopic (exact) mass is 406 g/mol. The van der Waals surface area contributed by atoms with E-state index < -0.39 is 0 Å². The van der Waals surface area contributed by atoms with Gasteiger partial charge in [-0.05, 0) is 25.0 Å². The van der Waals surface area contributed by atoms with Crippen LogP contribution in [0.1, 0.15) is 23.3 Å². The fourth-order valence-corrected chi connectivity index (χ4v) is 3.58. The van der Waals surface area contributed by atoms with Gasteiger partial charge in [-0.1, -0.05) is 30.3 Å². The van der Waals surface area contributed by atoms with Crippen molar-refractivity contribution in [2.75, 3.05) is 32.1 Å². The third-order valence-electron chi connectivity index (χ3n) is 5.21. The molecule has 30 heavy (non-hydrogen) atoms. The van der Waals surface area contributed by atoms with Crippen LogP contribution >= 0.6 is 0 Å². The lowest BCUT2D eigenvalue weighted by Gasteiger charge is -2.32. The zero-order valence-electron chi connectivity index (χ0n) is 17.5. The van der Waals surface area contributed by atoms with Crippen molar-refractivity contribution in [1.29, 1.82) is 0 Å². The van der Waals surface area contributed by atoms with Crippen molar-refractivity contribution >= 4 is 11.7 Å². The average Bonchev–Trinajstić information content (AvgIpc) is 3.16. The Morgan fingerprint density at radius 1 is 1.13 bits per heavy atom. The molecule has 3 heterocycles. The lowest BCUT2D eigenvalue weighted by molar-refractivity contribution is 0.0516. The second-order valence-corrected chi connectivity index (χ2v) is 7.66. The molecule has 0 saturated carbocycles. The highest BCUT2D eigenvalue weighted by Crippen LogP contribution is 2.22. The highest BCUT2D eigenvalue weighted by atomic mass is 16.5. The van der Waals surface area contributed by atoms with Crippen LogP contribution in [0.5, 0.6) is 5.88 Å². The minimum Gasteiger partial charge on any atom is -0.471 e. The zero-order chi connectivity index (χ0) is 21.1. The molecule has 0 bridgehead atoms. The molecule has 156 valence electrons. The summed E-state index contributed by atoms with van der Waals surface area (Å²) in [5.74, 6) is 1.22. The molecular formula is C22H26N6O2. The molecule has 8 heteroatoms. The summed E-state index contributed by atoms with van der Waals surface area (Å²) < 4.78 is 7.66. The normalized spacial score (nSPS) is 16.4. The number of piperidine rings is 1. The number of rotatable bonds is 5. The standard InChI is InChI=1S/C22H26N6O2/c1-26(2)20-11-12-21(24-23-20)30-17-10-7-13-28(15-17)22(29)19-14-18(25-27(19)3)16-8-5-4-6-9-16/h4-6,8-9,11-12,14,17H,7,10,13,15H2,1-3H3. The molecule has 1 fully saturated rings. The number of nitrogens with zero attached hydrogens (tertiary/aromatic N) is 6. The molecule has 1 atom stereocenters. The van der Waals surface area contributed by atoms with E-state index in [1.807, 2.05) is 72.4 Å². The summed E-state index contributed by atoms with van der Waals surface area (Å²) in [5.41, 5.74) is 2.36. The quantitative estimate of drug-likeness (QED) is 0.648. The van der Waals surface area contributed by atoms with Crippen LogP contribution in [-0.4, -0.2) is 64.1 Å². The van der Waals surface area contributed by atoms with Crippen LogP contribution in [-0.2, 0) is 7.05 Å². The lowest BCUT2D eigenvalue weighted by Crippen LogP contribution is -2.45. The van der Waals surface area contributed by atoms with E-state index in [0.717, 1.165) is 29.9 Å². The van der Waals surface area contributed by atoms with Gasteiger partial charge in [-0.3, -0.25) is 9.48 Å². The molecule has 4 rings (SSSR count). The van der Waals surface area contributed by atoms with Crippen molar-refractivity contribution in [1.82, 2.24) is 24.9 Å². The number of anilines is 1. The summed E-state index contributed by atoms with van der Waals surface area (Å²) in [6.07, 6.45) is 1.65. The molecule has 0 spiro atoms. The first kappa shape index (κ1) is 19.9. The Balaban J connectivity index is 1.44. The van der Waals surface area contributed by atoms with Gasteiger partial charge in [-0.2, -0.15) is 5.10 Å². The maximum Gasteiger partial charge on any atom is 0.272 e. The molecule has 1 aliphatic rings. The van der Waals surface area contributed by atoms with E-state index >= 15 is 0 Å². The van der Waals surface area contributed by atoms with Crippen molar-refractivity contribution in [2.24, 2.45) is 7.05 Å². The van der Waals surface area contributed by atoms with E-state index in [0.29, 0.717) is 24.7 Å². The Morgan fingerprint density at radius 2 is 1.93 bits per heavy atom. The first-order chi connectivity index (χ1) is 14.5. The number of aromatic nitrogens is 4. The Bertz CT molecular complexity index is 1000. The van der Waals surface area contributed by atoms with Gasteiger partial charge >= 0.3 is 0 Å². The van der Waals surface area contributed by atoms with E-state index in [-0.39, 0.29) is 12.0 Å². The van der Waals surface area contributed by atoms with Gasteiger partial charge in [-0.25, -0.2) is 0 Å². The number of benzene rings is 1. The Labute approximate surface area is 176 Å². The second-order valence-electron chi connectivity index (χ2n) is 7.66. The Morgan fingerprint density at radius 3 is 2.63 bits per heavy atom. The van der Waals surface area contributed by atoms with Gasteiger partial charge in [0, 0.05) is 39.3 Å². The Hall–Kier alpha value is -3.42. The molecule has 1 aromatic carbocycles. The molecule has 0 radical (unpaired) electrons. The minimum absolute atomic E-state index is 0.0329. The van der Waals surface area contributed by atoms with E-state index in [2.05, 4.69) is 15.3 Å². The average molecular weight is 406 g/mol. The van der Waals surface area contributed by atoms with Gasteiger partial charge in [0.25, 0.3) is 5.91 Å². The number of hydrogen-bond acceptors (Lipinski definition) is 6. The Kier molecular flexibility index (Phi) is 5.65. The van der Waals surface area contributed by atoms with E-state index in [4.69, 9.17) is 4.74 Å². The summed E-state index contributed by atoms with van der Waals surface area (Å²) in [6, 6.07) is 15.4. The van der Waals surface area contributed by atoms with E-state index in [9.17, 15) is 4.79 Å². The molecule has 1 unspecified atom stereocenters. The molecule has 2 aromatic heterocycles. The third kappa shape index (κ3) is 4.27. The van der Waals surface area contributed by atoms with E-state index in [1.54, 1.807) is 11.7 Å². The molecule has 1 saturated heterocycles. The van der Waals surface area contributed by atoms with Crippen LogP contribution < -0.4 is 9.64 Å². The molecule has 0 N–H and O–H groups in total. The van der Waals surface area contributed by atoms with Crippen molar-refractivity contribution in [3.05, 3.63) is 54.2 Å². The van der Waals surface area contributed by atoms with Crippen LogP contribution in [0.3, 0.4) is 0 Å². The van der Waals surface area contributed by atoms with Crippen LogP contribution in [0.4, 0.5) is 5.82 Å². The molecule has 8 nitrogen and oxygen atoms in total.